The number of hydrogen-bond acceptors (Lipinski definition) is 3. The Bertz CT molecular complexity index is 593. The number of halogens is 1. The van der Waals surface area contributed by atoms with Crippen LogP contribution in [0.25, 0.3) is 0 Å². The third kappa shape index (κ3) is 3.29. The molecule has 1 aromatic heterocycles. The van der Waals surface area contributed by atoms with E-state index in [9.17, 15) is 4.79 Å². The van der Waals surface area contributed by atoms with E-state index in [1.165, 1.54) is 0 Å². The highest BCUT2D eigenvalue weighted by Gasteiger charge is 2.15. The number of aromatic nitrogens is 1. The molecule has 0 saturated carbocycles. The van der Waals surface area contributed by atoms with Crippen LogP contribution < -0.4 is 5.32 Å². The van der Waals surface area contributed by atoms with E-state index in [-0.39, 0.29) is 5.97 Å². The predicted molar refractivity (Wildman–Crippen MR) is 76.2 cm³/mol. The van der Waals surface area contributed by atoms with E-state index in [1.54, 1.807) is 25.1 Å². The first-order valence-electron chi connectivity index (χ1n) is 5.99. The highest BCUT2D eigenvalue weighted by atomic mass is 35.5. The molecule has 2 rings (SSSR count). The molecule has 0 fully saturated rings. The van der Waals surface area contributed by atoms with Crippen molar-refractivity contribution in [3.05, 3.63) is 46.6 Å². The minimum absolute atomic E-state index is 0.347. The van der Waals surface area contributed by atoms with Gasteiger partial charge in [0.15, 0.2) is 0 Å². The standard InChI is InChI=1S/C14H15ClN2O2/c1-3-19-14(18)12-7-9(2)16-13(12)17-11-6-4-5-10(15)8-11/h4-8,16-17H,3H2,1-2H3. The second kappa shape index (κ2) is 5.80. The number of aryl methyl sites for hydroxylation is 1. The third-order valence-electron chi connectivity index (χ3n) is 2.54. The smallest absolute Gasteiger partial charge is 0.341 e. The van der Waals surface area contributed by atoms with Crippen LogP contribution in [0.2, 0.25) is 5.02 Å². The van der Waals surface area contributed by atoms with Crippen molar-refractivity contribution >= 4 is 29.1 Å². The summed E-state index contributed by atoms with van der Waals surface area (Å²) < 4.78 is 5.02. The summed E-state index contributed by atoms with van der Waals surface area (Å²) in [6, 6.07) is 9.04. The van der Waals surface area contributed by atoms with Crippen LogP contribution in [-0.2, 0) is 4.74 Å². The first-order chi connectivity index (χ1) is 9.10. The summed E-state index contributed by atoms with van der Waals surface area (Å²) in [5.41, 5.74) is 2.17. The topological polar surface area (TPSA) is 54.1 Å². The zero-order chi connectivity index (χ0) is 13.8. The van der Waals surface area contributed by atoms with E-state index < -0.39 is 0 Å². The number of hydrogen-bond donors (Lipinski definition) is 2. The maximum absolute atomic E-state index is 11.8. The summed E-state index contributed by atoms with van der Waals surface area (Å²) >= 11 is 5.93. The summed E-state index contributed by atoms with van der Waals surface area (Å²) in [7, 11) is 0. The molecule has 0 spiro atoms. The fourth-order valence-electron chi connectivity index (χ4n) is 1.77. The Hall–Kier alpha value is -1.94. The Labute approximate surface area is 116 Å². The number of benzene rings is 1. The van der Waals surface area contributed by atoms with Crippen molar-refractivity contribution in [3.8, 4) is 0 Å². The van der Waals surface area contributed by atoms with Crippen LogP contribution in [0.5, 0.6) is 0 Å². The summed E-state index contributed by atoms with van der Waals surface area (Å²) in [5, 5.41) is 3.76. The van der Waals surface area contributed by atoms with Gasteiger partial charge in [0, 0.05) is 16.4 Å². The number of nitrogens with one attached hydrogen (secondary N) is 2. The molecule has 0 aliphatic rings. The van der Waals surface area contributed by atoms with E-state index in [2.05, 4.69) is 10.3 Å². The number of carbonyl (C=O) groups is 1. The largest absolute Gasteiger partial charge is 0.462 e. The number of carbonyl (C=O) groups excluding carboxylic acids is 1. The Morgan fingerprint density at radius 3 is 2.89 bits per heavy atom. The first-order valence-corrected chi connectivity index (χ1v) is 6.37. The van der Waals surface area contributed by atoms with E-state index in [0.717, 1.165) is 11.4 Å². The third-order valence-corrected chi connectivity index (χ3v) is 2.78. The van der Waals surface area contributed by atoms with Gasteiger partial charge in [0.2, 0.25) is 0 Å². The average molecular weight is 279 g/mol. The second-order valence-corrected chi connectivity index (χ2v) is 4.53. The van der Waals surface area contributed by atoms with Crippen molar-refractivity contribution in [3.63, 3.8) is 0 Å². The molecule has 1 heterocycles. The van der Waals surface area contributed by atoms with Crippen LogP contribution in [0, 0.1) is 6.92 Å². The van der Waals surface area contributed by atoms with Gasteiger partial charge in [-0.2, -0.15) is 0 Å². The number of esters is 1. The molecule has 2 N–H and O–H groups in total. The molecule has 0 aliphatic carbocycles. The number of H-pyrrole nitrogens is 1. The molecule has 4 nitrogen and oxygen atoms in total. The lowest BCUT2D eigenvalue weighted by molar-refractivity contribution is 0.0528. The van der Waals surface area contributed by atoms with Crippen molar-refractivity contribution in [1.29, 1.82) is 0 Å². The van der Waals surface area contributed by atoms with Crippen molar-refractivity contribution < 1.29 is 9.53 Å². The molecule has 0 unspecified atom stereocenters. The molecule has 0 atom stereocenters. The molecule has 100 valence electrons. The monoisotopic (exact) mass is 278 g/mol. The van der Waals surface area contributed by atoms with Crippen LogP contribution >= 0.6 is 11.6 Å². The zero-order valence-corrected chi connectivity index (χ0v) is 11.5. The number of aromatic amines is 1. The van der Waals surface area contributed by atoms with E-state index in [1.807, 2.05) is 19.1 Å². The molecule has 0 amide bonds. The SMILES string of the molecule is CCOC(=O)c1cc(C)[nH]c1Nc1cccc(Cl)c1. The van der Waals surface area contributed by atoms with Gasteiger partial charge in [-0.3, -0.25) is 0 Å². The molecule has 2 aromatic rings. The van der Waals surface area contributed by atoms with E-state index in [4.69, 9.17) is 16.3 Å². The number of anilines is 2. The normalized spacial score (nSPS) is 10.3. The quantitative estimate of drug-likeness (QED) is 0.834. The molecular formula is C14H15ClN2O2. The molecule has 5 heteroatoms. The predicted octanol–water partition coefficient (Wildman–Crippen LogP) is 3.90. The van der Waals surface area contributed by atoms with Crippen molar-refractivity contribution in [2.24, 2.45) is 0 Å². The molecule has 0 radical (unpaired) electrons. The fourth-order valence-corrected chi connectivity index (χ4v) is 1.96. The number of rotatable bonds is 4. The molecule has 0 saturated heterocycles. The number of ether oxygens (including phenoxy) is 1. The van der Waals surface area contributed by atoms with Crippen LogP contribution in [0.1, 0.15) is 23.0 Å². The molecule has 0 bridgehead atoms. The van der Waals surface area contributed by atoms with Gasteiger partial charge in [-0.05, 0) is 38.1 Å². The van der Waals surface area contributed by atoms with Gasteiger partial charge >= 0.3 is 5.97 Å². The lowest BCUT2D eigenvalue weighted by atomic mass is 10.2. The zero-order valence-electron chi connectivity index (χ0n) is 10.8. The highest BCUT2D eigenvalue weighted by molar-refractivity contribution is 6.30. The van der Waals surface area contributed by atoms with Crippen molar-refractivity contribution in [2.75, 3.05) is 11.9 Å². The molecule has 1 aromatic carbocycles. The first kappa shape index (κ1) is 13.5. The van der Waals surface area contributed by atoms with Crippen molar-refractivity contribution in [1.82, 2.24) is 4.98 Å². The van der Waals surface area contributed by atoms with Gasteiger partial charge in [0.1, 0.15) is 11.4 Å². The maximum Gasteiger partial charge on any atom is 0.341 e. The lowest BCUT2D eigenvalue weighted by Gasteiger charge is -2.07. The minimum Gasteiger partial charge on any atom is -0.462 e. The van der Waals surface area contributed by atoms with Gasteiger partial charge in [0.05, 0.1) is 6.61 Å². The van der Waals surface area contributed by atoms with Gasteiger partial charge < -0.3 is 15.0 Å². The summed E-state index contributed by atoms with van der Waals surface area (Å²) in [6.45, 7) is 4.01. The molecule has 19 heavy (non-hydrogen) atoms. The highest BCUT2D eigenvalue weighted by Crippen LogP contribution is 2.23. The Morgan fingerprint density at radius 2 is 2.21 bits per heavy atom. The van der Waals surface area contributed by atoms with Gasteiger partial charge in [-0.15, -0.1) is 0 Å². The molecular weight excluding hydrogens is 264 g/mol. The molecule has 0 aliphatic heterocycles. The van der Waals surface area contributed by atoms with Crippen LogP contribution in [0.15, 0.2) is 30.3 Å². The summed E-state index contributed by atoms with van der Waals surface area (Å²) in [5.74, 6) is 0.259. The fraction of sp³-hybridized carbons (Fsp3) is 0.214. The Kier molecular flexibility index (Phi) is 4.12. The van der Waals surface area contributed by atoms with E-state index >= 15 is 0 Å². The van der Waals surface area contributed by atoms with Gasteiger partial charge in [-0.25, -0.2) is 4.79 Å². The lowest BCUT2D eigenvalue weighted by Crippen LogP contribution is -2.06. The summed E-state index contributed by atoms with van der Waals surface area (Å²) in [6.07, 6.45) is 0. The van der Waals surface area contributed by atoms with Crippen LogP contribution in [0.3, 0.4) is 0 Å². The van der Waals surface area contributed by atoms with E-state index in [0.29, 0.717) is 23.0 Å². The Balaban J connectivity index is 2.27. The Morgan fingerprint density at radius 1 is 1.42 bits per heavy atom. The van der Waals surface area contributed by atoms with Gasteiger partial charge in [0.25, 0.3) is 0 Å². The van der Waals surface area contributed by atoms with Crippen molar-refractivity contribution in [2.45, 2.75) is 13.8 Å². The minimum atomic E-state index is -0.351. The van der Waals surface area contributed by atoms with Gasteiger partial charge in [-0.1, -0.05) is 17.7 Å². The maximum atomic E-state index is 11.8. The van der Waals surface area contributed by atoms with Crippen LogP contribution in [-0.4, -0.2) is 17.6 Å². The average Bonchev–Trinajstić information content (AvgIpc) is 2.70. The second-order valence-electron chi connectivity index (χ2n) is 4.10. The summed E-state index contributed by atoms with van der Waals surface area (Å²) in [4.78, 5) is 14.9. The van der Waals surface area contributed by atoms with Crippen LogP contribution in [0.4, 0.5) is 11.5 Å².